The predicted octanol–water partition coefficient (Wildman–Crippen LogP) is 1.15. The topological polar surface area (TPSA) is 32.3 Å². The maximum absolute atomic E-state index is 10.8. The Morgan fingerprint density at radius 2 is 2.07 bits per heavy atom. The van der Waals surface area contributed by atoms with Crippen molar-refractivity contribution in [1.29, 1.82) is 0 Å². The molecule has 0 rings (SSSR count). The second-order valence-electron chi connectivity index (χ2n) is 3.79. The first kappa shape index (κ1) is 13.8. The third-order valence-corrected chi connectivity index (χ3v) is 2.57. The van der Waals surface area contributed by atoms with Gasteiger partial charge in [-0.05, 0) is 40.3 Å². The van der Waals surface area contributed by atoms with Crippen molar-refractivity contribution in [1.82, 2.24) is 10.2 Å². The molecule has 0 unspecified atom stereocenters. The Labute approximate surface area is 92.7 Å². The van der Waals surface area contributed by atoms with Gasteiger partial charge in [0.1, 0.15) is 0 Å². The van der Waals surface area contributed by atoms with Gasteiger partial charge in [-0.25, -0.2) is 0 Å². The van der Waals surface area contributed by atoms with E-state index in [0.29, 0.717) is 6.04 Å². The van der Waals surface area contributed by atoms with Gasteiger partial charge >= 0.3 is 0 Å². The molecule has 0 saturated carbocycles. The highest BCUT2D eigenvalue weighted by molar-refractivity contribution is 7.81. The van der Waals surface area contributed by atoms with E-state index in [-0.39, 0.29) is 11.7 Å². The number of thiol groups is 1. The van der Waals surface area contributed by atoms with E-state index in [1.807, 2.05) is 0 Å². The zero-order valence-corrected chi connectivity index (χ0v) is 10.3. The van der Waals surface area contributed by atoms with Crippen LogP contribution in [0.2, 0.25) is 0 Å². The van der Waals surface area contributed by atoms with E-state index in [9.17, 15) is 4.79 Å². The molecule has 4 heteroatoms. The molecule has 0 radical (unpaired) electrons. The Morgan fingerprint density at radius 1 is 1.43 bits per heavy atom. The number of carbonyl (C=O) groups excluding carboxylic acids is 1. The molecule has 0 fully saturated rings. The molecule has 0 spiro atoms. The first-order chi connectivity index (χ1) is 6.57. The number of unbranched alkanes of at least 4 members (excludes halogenated alkanes) is 1. The van der Waals surface area contributed by atoms with Crippen molar-refractivity contribution in [2.75, 3.05) is 25.9 Å². The van der Waals surface area contributed by atoms with Crippen LogP contribution in [0.25, 0.3) is 0 Å². The average molecular weight is 218 g/mol. The molecule has 0 aliphatic carbocycles. The fourth-order valence-electron chi connectivity index (χ4n) is 1.03. The molecule has 14 heavy (non-hydrogen) atoms. The molecule has 0 heterocycles. The zero-order chi connectivity index (χ0) is 11.0. The lowest BCUT2D eigenvalue weighted by Crippen LogP contribution is -2.29. The van der Waals surface area contributed by atoms with Gasteiger partial charge in [-0.2, -0.15) is 12.6 Å². The Bertz CT molecular complexity index is 162. The minimum Gasteiger partial charge on any atom is -0.355 e. The van der Waals surface area contributed by atoms with Crippen molar-refractivity contribution in [3.8, 4) is 0 Å². The standard InChI is InChI=1S/C10H22N2OS/c1-9(2)12(3)7-5-4-6-11-10(13)8-14/h9,14H,4-8H2,1-3H3,(H,11,13). The number of rotatable bonds is 7. The largest absolute Gasteiger partial charge is 0.355 e. The van der Waals surface area contributed by atoms with E-state index in [0.717, 1.165) is 25.9 Å². The van der Waals surface area contributed by atoms with E-state index in [2.05, 4.69) is 43.7 Å². The van der Waals surface area contributed by atoms with Crippen molar-refractivity contribution in [3.63, 3.8) is 0 Å². The third kappa shape index (κ3) is 7.21. The van der Waals surface area contributed by atoms with Crippen LogP contribution in [0, 0.1) is 0 Å². The highest BCUT2D eigenvalue weighted by atomic mass is 32.1. The number of carbonyl (C=O) groups is 1. The Morgan fingerprint density at radius 3 is 2.57 bits per heavy atom. The second kappa shape index (κ2) is 8.12. The van der Waals surface area contributed by atoms with Crippen molar-refractivity contribution < 1.29 is 4.79 Å². The smallest absolute Gasteiger partial charge is 0.229 e. The van der Waals surface area contributed by atoms with Crippen LogP contribution in [0.3, 0.4) is 0 Å². The molecular weight excluding hydrogens is 196 g/mol. The molecule has 1 amide bonds. The first-order valence-corrected chi connectivity index (χ1v) is 5.79. The van der Waals surface area contributed by atoms with Gasteiger partial charge in [0.05, 0.1) is 5.75 Å². The SMILES string of the molecule is CC(C)N(C)CCCCNC(=O)CS. The first-order valence-electron chi connectivity index (χ1n) is 5.15. The predicted molar refractivity (Wildman–Crippen MR) is 63.9 cm³/mol. The molecule has 84 valence electrons. The van der Waals surface area contributed by atoms with E-state index in [1.165, 1.54) is 0 Å². The number of hydrogen-bond donors (Lipinski definition) is 2. The quantitative estimate of drug-likeness (QED) is 0.496. The lowest BCUT2D eigenvalue weighted by Gasteiger charge is -2.20. The van der Waals surface area contributed by atoms with Crippen LogP contribution >= 0.6 is 12.6 Å². The summed E-state index contributed by atoms with van der Waals surface area (Å²) in [5.41, 5.74) is 0. The number of nitrogens with one attached hydrogen (secondary N) is 1. The number of hydrogen-bond acceptors (Lipinski definition) is 3. The van der Waals surface area contributed by atoms with Crippen LogP contribution in [0.15, 0.2) is 0 Å². The molecule has 0 saturated heterocycles. The lowest BCUT2D eigenvalue weighted by molar-refractivity contribution is -0.118. The minimum atomic E-state index is 0.0190. The fraction of sp³-hybridized carbons (Fsp3) is 0.900. The van der Waals surface area contributed by atoms with E-state index >= 15 is 0 Å². The second-order valence-corrected chi connectivity index (χ2v) is 4.11. The van der Waals surface area contributed by atoms with Crippen LogP contribution in [0.5, 0.6) is 0 Å². The van der Waals surface area contributed by atoms with Gasteiger partial charge in [0.2, 0.25) is 5.91 Å². The van der Waals surface area contributed by atoms with Gasteiger partial charge < -0.3 is 10.2 Å². The van der Waals surface area contributed by atoms with E-state index in [4.69, 9.17) is 0 Å². The normalized spacial score (nSPS) is 11.0. The monoisotopic (exact) mass is 218 g/mol. The van der Waals surface area contributed by atoms with Crippen LogP contribution in [0.4, 0.5) is 0 Å². The molecule has 0 aliphatic heterocycles. The summed E-state index contributed by atoms with van der Waals surface area (Å²) in [5, 5.41) is 2.80. The van der Waals surface area contributed by atoms with Crippen molar-refractivity contribution in [3.05, 3.63) is 0 Å². The van der Waals surface area contributed by atoms with Crippen LogP contribution in [0.1, 0.15) is 26.7 Å². The van der Waals surface area contributed by atoms with Crippen LogP contribution in [-0.2, 0) is 4.79 Å². The molecule has 0 bridgehead atoms. The van der Waals surface area contributed by atoms with Crippen molar-refractivity contribution >= 4 is 18.5 Å². The molecular formula is C10H22N2OS. The van der Waals surface area contributed by atoms with Gasteiger partial charge in [0.25, 0.3) is 0 Å². The molecule has 3 nitrogen and oxygen atoms in total. The summed E-state index contributed by atoms with van der Waals surface area (Å²) in [6, 6.07) is 0.599. The maximum Gasteiger partial charge on any atom is 0.229 e. The number of nitrogens with zero attached hydrogens (tertiary/aromatic N) is 1. The molecule has 0 aliphatic rings. The minimum absolute atomic E-state index is 0.0190. The maximum atomic E-state index is 10.8. The summed E-state index contributed by atoms with van der Waals surface area (Å²) in [4.78, 5) is 13.1. The van der Waals surface area contributed by atoms with E-state index in [1.54, 1.807) is 0 Å². The van der Waals surface area contributed by atoms with Gasteiger partial charge in [-0.3, -0.25) is 4.79 Å². The molecule has 1 N–H and O–H groups in total. The summed E-state index contributed by atoms with van der Waals surface area (Å²) in [7, 11) is 2.12. The van der Waals surface area contributed by atoms with Crippen molar-refractivity contribution in [2.24, 2.45) is 0 Å². The van der Waals surface area contributed by atoms with Gasteiger partial charge in [0, 0.05) is 12.6 Å². The summed E-state index contributed by atoms with van der Waals surface area (Å²) in [5.74, 6) is 0.303. The third-order valence-electron chi connectivity index (χ3n) is 2.28. The van der Waals surface area contributed by atoms with Gasteiger partial charge in [-0.15, -0.1) is 0 Å². The molecule has 0 atom stereocenters. The average Bonchev–Trinajstić information content (AvgIpc) is 2.16. The number of amides is 1. The Balaban J connectivity index is 3.25. The lowest BCUT2D eigenvalue weighted by atomic mass is 10.2. The summed E-state index contributed by atoms with van der Waals surface area (Å²) in [6.07, 6.45) is 2.16. The zero-order valence-electron chi connectivity index (χ0n) is 9.42. The van der Waals surface area contributed by atoms with E-state index < -0.39 is 0 Å². The highest BCUT2D eigenvalue weighted by Gasteiger charge is 2.02. The van der Waals surface area contributed by atoms with Crippen LogP contribution < -0.4 is 5.32 Å². The van der Waals surface area contributed by atoms with Gasteiger partial charge in [-0.1, -0.05) is 0 Å². The van der Waals surface area contributed by atoms with Crippen LogP contribution in [-0.4, -0.2) is 42.7 Å². The Kier molecular flexibility index (Phi) is 7.99. The fourth-order valence-corrected chi connectivity index (χ4v) is 1.14. The highest BCUT2D eigenvalue weighted by Crippen LogP contribution is 1.97. The summed E-state index contributed by atoms with van der Waals surface area (Å²) in [6.45, 7) is 6.23. The molecule has 0 aromatic heterocycles. The summed E-state index contributed by atoms with van der Waals surface area (Å²) >= 11 is 3.88. The molecule has 0 aromatic carbocycles. The van der Waals surface area contributed by atoms with Gasteiger partial charge in [0.15, 0.2) is 0 Å². The molecule has 0 aromatic rings. The summed E-state index contributed by atoms with van der Waals surface area (Å²) < 4.78 is 0. The van der Waals surface area contributed by atoms with Crippen molar-refractivity contribution in [2.45, 2.75) is 32.7 Å². The Hall–Kier alpha value is -0.220.